The number of rotatable bonds is 4. The molecule has 1 aromatic heterocycles. The number of fused-ring (bicyclic) bond motifs is 1. The summed E-state index contributed by atoms with van der Waals surface area (Å²) in [5, 5.41) is 18.5. The van der Waals surface area contributed by atoms with Crippen molar-refractivity contribution in [2.75, 3.05) is 6.61 Å². The third kappa shape index (κ3) is 3.66. The Labute approximate surface area is 166 Å². The number of aromatic nitrogens is 1. The number of aromatic hydroxyl groups is 1. The minimum absolute atomic E-state index is 0.0484. The maximum Gasteiger partial charge on any atom is 0.302 e. The lowest BCUT2D eigenvalue weighted by Gasteiger charge is -2.09. The molecular formula is C18H15Br2N3O3. The van der Waals surface area contributed by atoms with Crippen molar-refractivity contribution in [2.45, 2.75) is 6.92 Å². The molecule has 0 spiro atoms. The standard InChI is InChI=1S/C18H15Br2N3O3/c1-10-7-12(19)17(13(20)8-10)26-9-15(24)21-22-16-11-5-3-4-6-14(11)23(2)18(16)25/h3-8,25H,9H2,1-2H3. The van der Waals surface area contributed by atoms with Crippen LogP contribution < -0.4 is 4.74 Å². The van der Waals surface area contributed by atoms with E-state index in [-0.39, 0.29) is 18.2 Å². The molecule has 2 aromatic carbocycles. The molecule has 0 aliphatic heterocycles. The molecule has 0 radical (unpaired) electrons. The SMILES string of the molecule is Cc1cc(Br)c(OCC(=O)N=Nc2c(O)n(C)c3ccccc23)c(Br)c1. The second-order valence-corrected chi connectivity index (χ2v) is 7.40. The molecule has 0 saturated carbocycles. The molecule has 6 nitrogen and oxygen atoms in total. The van der Waals surface area contributed by atoms with Gasteiger partial charge in [0, 0.05) is 12.4 Å². The van der Waals surface area contributed by atoms with Crippen LogP contribution in [0.25, 0.3) is 10.9 Å². The van der Waals surface area contributed by atoms with Crippen molar-refractivity contribution in [2.24, 2.45) is 17.3 Å². The Balaban J connectivity index is 1.76. The first-order valence-electron chi connectivity index (χ1n) is 7.68. The third-order valence-electron chi connectivity index (χ3n) is 3.79. The first kappa shape index (κ1) is 18.6. The van der Waals surface area contributed by atoms with Gasteiger partial charge in [-0.25, -0.2) is 0 Å². The van der Waals surface area contributed by atoms with Crippen molar-refractivity contribution in [1.82, 2.24) is 4.57 Å². The van der Waals surface area contributed by atoms with E-state index in [4.69, 9.17) is 4.74 Å². The van der Waals surface area contributed by atoms with Crippen molar-refractivity contribution in [3.8, 4) is 11.6 Å². The summed E-state index contributed by atoms with van der Waals surface area (Å²) in [7, 11) is 1.72. The second-order valence-electron chi connectivity index (χ2n) is 5.69. The van der Waals surface area contributed by atoms with E-state index in [1.807, 2.05) is 43.3 Å². The van der Waals surface area contributed by atoms with E-state index in [1.165, 1.54) is 0 Å². The summed E-state index contributed by atoms with van der Waals surface area (Å²) < 4.78 is 8.59. The van der Waals surface area contributed by atoms with Crippen LogP contribution in [0.1, 0.15) is 5.56 Å². The largest absolute Gasteiger partial charge is 0.493 e. The van der Waals surface area contributed by atoms with Gasteiger partial charge in [0.25, 0.3) is 0 Å². The summed E-state index contributed by atoms with van der Waals surface area (Å²) >= 11 is 6.81. The van der Waals surface area contributed by atoms with Crippen molar-refractivity contribution in [3.05, 3.63) is 50.9 Å². The summed E-state index contributed by atoms with van der Waals surface area (Å²) in [4.78, 5) is 12.0. The number of halogens is 2. The minimum Gasteiger partial charge on any atom is -0.493 e. The zero-order chi connectivity index (χ0) is 18.8. The molecule has 0 saturated heterocycles. The van der Waals surface area contributed by atoms with Crippen LogP contribution in [0.2, 0.25) is 0 Å². The van der Waals surface area contributed by atoms with Crippen molar-refractivity contribution in [3.63, 3.8) is 0 Å². The maximum absolute atomic E-state index is 12.0. The number of azo groups is 1. The van der Waals surface area contributed by atoms with E-state index in [2.05, 4.69) is 42.1 Å². The molecule has 0 atom stereocenters. The average Bonchev–Trinajstić information content (AvgIpc) is 2.83. The van der Waals surface area contributed by atoms with Crippen LogP contribution in [0.4, 0.5) is 5.69 Å². The highest BCUT2D eigenvalue weighted by Crippen LogP contribution is 2.38. The normalized spacial score (nSPS) is 11.4. The maximum atomic E-state index is 12.0. The van der Waals surface area contributed by atoms with Gasteiger partial charge >= 0.3 is 5.91 Å². The lowest BCUT2D eigenvalue weighted by atomic mass is 10.2. The molecule has 1 amide bonds. The van der Waals surface area contributed by atoms with Crippen LogP contribution in [-0.2, 0) is 11.8 Å². The molecule has 26 heavy (non-hydrogen) atoms. The van der Waals surface area contributed by atoms with E-state index in [1.54, 1.807) is 11.6 Å². The van der Waals surface area contributed by atoms with Gasteiger partial charge in [-0.15, -0.1) is 10.2 Å². The molecule has 0 aliphatic carbocycles. The molecule has 3 rings (SSSR count). The first-order chi connectivity index (χ1) is 12.4. The lowest BCUT2D eigenvalue weighted by Crippen LogP contribution is -2.08. The van der Waals surface area contributed by atoms with Crippen LogP contribution >= 0.6 is 31.9 Å². The number of carbonyl (C=O) groups excluding carboxylic acids is 1. The fraction of sp³-hybridized carbons (Fsp3) is 0.167. The highest BCUT2D eigenvalue weighted by Gasteiger charge is 2.14. The van der Waals surface area contributed by atoms with Crippen molar-refractivity contribution >= 4 is 54.4 Å². The van der Waals surface area contributed by atoms with Gasteiger partial charge in [-0.1, -0.05) is 18.2 Å². The van der Waals surface area contributed by atoms with Gasteiger partial charge in [0.15, 0.2) is 12.3 Å². The van der Waals surface area contributed by atoms with E-state index >= 15 is 0 Å². The highest BCUT2D eigenvalue weighted by atomic mass is 79.9. The molecule has 0 fully saturated rings. The second kappa shape index (κ2) is 7.59. The predicted molar refractivity (Wildman–Crippen MR) is 106 cm³/mol. The van der Waals surface area contributed by atoms with Crippen LogP contribution in [0.15, 0.2) is 55.6 Å². The van der Waals surface area contributed by atoms with Gasteiger partial charge in [-0.05, 0) is 62.5 Å². The summed E-state index contributed by atoms with van der Waals surface area (Å²) in [6.45, 7) is 1.69. The smallest absolute Gasteiger partial charge is 0.302 e. The third-order valence-corrected chi connectivity index (χ3v) is 4.97. The van der Waals surface area contributed by atoms with Gasteiger partial charge in [0.1, 0.15) is 5.75 Å². The van der Waals surface area contributed by atoms with Crippen LogP contribution in [-0.4, -0.2) is 22.2 Å². The number of hydrogen-bond acceptors (Lipinski definition) is 4. The van der Waals surface area contributed by atoms with Crippen molar-refractivity contribution < 1.29 is 14.6 Å². The lowest BCUT2D eigenvalue weighted by molar-refractivity contribution is -0.120. The summed E-state index contributed by atoms with van der Waals surface area (Å²) in [6, 6.07) is 11.1. The van der Waals surface area contributed by atoms with Gasteiger partial charge < -0.3 is 14.4 Å². The van der Waals surface area contributed by atoms with Gasteiger partial charge in [0.2, 0.25) is 5.88 Å². The van der Waals surface area contributed by atoms with Crippen LogP contribution in [0, 0.1) is 6.92 Å². The Morgan fingerprint density at radius 1 is 1.23 bits per heavy atom. The van der Waals surface area contributed by atoms with Crippen LogP contribution in [0.3, 0.4) is 0 Å². The van der Waals surface area contributed by atoms with E-state index in [0.717, 1.165) is 20.0 Å². The first-order valence-corrected chi connectivity index (χ1v) is 9.26. The minimum atomic E-state index is -0.559. The summed E-state index contributed by atoms with van der Waals surface area (Å²) in [5.74, 6) is -0.0865. The van der Waals surface area contributed by atoms with Gasteiger partial charge in [0.05, 0.1) is 14.5 Å². The highest BCUT2D eigenvalue weighted by molar-refractivity contribution is 9.11. The zero-order valence-electron chi connectivity index (χ0n) is 14.0. The number of nitrogens with zero attached hydrogens (tertiary/aromatic N) is 3. The number of aryl methyl sites for hydroxylation is 2. The fourth-order valence-corrected chi connectivity index (χ4v) is 4.20. The molecular weight excluding hydrogens is 466 g/mol. The molecule has 0 aliphatic rings. The molecule has 134 valence electrons. The Morgan fingerprint density at radius 2 is 1.88 bits per heavy atom. The average molecular weight is 481 g/mol. The molecule has 0 unspecified atom stereocenters. The Hall–Kier alpha value is -2.19. The van der Waals surface area contributed by atoms with Crippen molar-refractivity contribution in [1.29, 1.82) is 0 Å². The van der Waals surface area contributed by atoms with Crippen LogP contribution in [0.5, 0.6) is 11.6 Å². The van der Waals surface area contributed by atoms with E-state index in [0.29, 0.717) is 11.1 Å². The monoisotopic (exact) mass is 479 g/mol. The van der Waals surface area contributed by atoms with Gasteiger partial charge in [-0.3, -0.25) is 4.79 Å². The number of benzene rings is 2. The quantitative estimate of drug-likeness (QED) is 0.507. The van der Waals surface area contributed by atoms with Gasteiger partial charge in [-0.2, -0.15) is 0 Å². The topological polar surface area (TPSA) is 76.2 Å². The molecule has 1 N–H and O–H groups in total. The fourth-order valence-electron chi connectivity index (χ4n) is 2.55. The van der Waals surface area contributed by atoms with E-state index in [9.17, 15) is 9.90 Å². The van der Waals surface area contributed by atoms with E-state index < -0.39 is 5.91 Å². The number of amides is 1. The molecule has 1 heterocycles. The summed E-state index contributed by atoms with van der Waals surface area (Å²) in [6.07, 6.45) is 0. The Morgan fingerprint density at radius 3 is 2.58 bits per heavy atom. The summed E-state index contributed by atoms with van der Waals surface area (Å²) in [5.41, 5.74) is 2.11. The number of para-hydroxylation sites is 1. The molecule has 3 aromatic rings. The molecule has 8 heteroatoms. The number of hydrogen-bond donors (Lipinski definition) is 1. The number of carbonyl (C=O) groups is 1. The molecule has 0 bridgehead atoms. The zero-order valence-corrected chi connectivity index (χ0v) is 17.2. The Kier molecular flexibility index (Phi) is 5.43. The number of ether oxygens (including phenoxy) is 1. The Bertz CT molecular complexity index is 1000. The predicted octanol–water partition coefficient (Wildman–Crippen LogP) is 5.41.